The van der Waals surface area contributed by atoms with Crippen molar-refractivity contribution >= 4 is 11.7 Å². The molecule has 0 aromatic heterocycles. The average molecular weight is 601 g/mol. The number of aliphatic imine (C=N–C) groups is 1. The molecule has 46 heavy (non-hydrogen) atoms. The van der Waals surface area contributed by atoms with Crippen LogP contribution in [0.1, 0.15) is 65.3 Å². The summed E-state index contributed by atoms with van der Waals surface area (Å²) in [6, 6.07) is 42.7. The smallest absolute Gasteiger partial charge is 0.154 e. The van der Waals surface area contributed by atoms with Gasteiger partial charge in [-0.1, -0.05) is 153 Å². The summed E-state index contributed by atoms with van der Waals surface area (Å²) in [5.74, 6) is 0.220. The van der Waals surface area contributed by atoms with Gasteiger partial charge in [0, 0.05) is 11.0 Å². The summed E-state index contributed by atoms with van der Waals surface area (Å²) >= 11 is 0. The summed E-state index contributed by atoms with van der Waals surface area (Å²) in [5, 5.41) is 9.03. The first kappa shape index (κ1) is 30.5. The normalized spacial score (nSPS) is 15.3. The van der Waals surface area contributed by atoms with Crippen LogP contribution in [0.25, 0.3) is 11.1 Å². The van der Waals surface area contributed by atoms with Gasteiger partial charge < -0.3 is 11.5 Å². The minimum absolute atomic E-state index is 0.0886. The Morgan fingerprint density at radius 2 is 1.17 bits per heavy atom. The Hall–Kier alpha value is -5.48. The van der Waals surface area contributed by atoms with Crippen molar-refractivity contribution in [3.8, 4) is 11.1 Å². The van der Waals surface area contributed by atoms with Crippen molar-refractivity contribution in [3.63, 3.8) is 0 Å². The minimum Gasteiger partial charge on any atom is -0.396 e. The van der Waals surface area contributed by atoms with E-state index in [1.807, 2.05) is 43.3 Å². The number of nitrogens with zero attached hydrogens (tertiary/aromatic N) is 1. The summed E-state index contributed by atoms with van der Waals surface area (Å²) in [7, 11) is 0. The van der Waals surface area contributed by atoms with E-state index in [9.17, 15) is 0 Å². The summed E-state index contributed by atoms with van der Waals surface area (Å²) < 4.78 is 0. The zero-order valence-electron chi connectivity index (χ0n) is 26.9. The molecule has 5 aromatic carbocycles. The summed E-state index contributed by atoms with van der Waals surface area (Å²) in [6.45, 7) is 8.62. The molecule has 7 rings (SSSR count). The molecule has 228 valence electrons. The lowest BCUT2D eigenvalue weighted by molar-refractivity contribution is 0.563. The molecule has 2 aliphatic rings. The van der Waals surface area contributed by atoms with Crippen LogP contribution >= 0.6 is 0 Å². The first-order valence-electron chi connectivity index (χ1n) is 15.7. The molecule has 0 aliphatic heterocycles. The van der Waals surface area contributed by atoms with E-state index in [4.69, 9.17) is 16.9 Å². The predicted molar refractivity (Wildman–Crippen MR) is 193 cm³/mol. The van der Waals surface area contributed by atoms with E-state index in [0.29, 0.717) is 5.70 Å². The third-order valence-corrected chi connectivity index (χ3v) is 9.27. The molecular weight excluding hydrogens is 560 g/mol. The van der Waals surface area contributed by atoms with E-state index in [1.165, 1.54) is 33.4 Å². The second-order valence-electron chi connectivity index (χ2n) is 12.4. The topological polar surface area (TPSA) is 88.2 Å². The van der Waals surface area contributed by atoms with Gasteiger partial charge in [-0.2, -0.15) is 0 Å². The zero-order valence-corrected chi connectivity index (χ0v) is 26.9. The molecule has 4 nitrogen and oxygen atoms in total. The quantitative estimate of drug-likeness (QED) is 0.108. The predicted octanol–water partition coefficient (Wildman–Crippen LogP) is 8.79. The van der Waals surface area contributed by atoms with Crippen molar-refractivity contribution in [2.24, 2.45) is 16.5 Å². The fourth-order valence-corrected chi connectivity index (χ4v) is 7.17. The first-order chi connectivity index (χ1) is 22.2. The highest BCUT2D eigenvalue weighted by Gasteiger charge is 2.53. The molecule has 0 fully saturated rings. The number of hydrogen-bond donors (Lipinski definition) is 3. The van der Waals surface area contributed by atoms with E-state index < -0.39 is 5.41 Å². The van der Waals surface area contributed by atoms with Gasteiger partial charge in [-0.05, 0) is 64.4 Å². The number of amidine groups is 2. The van der Waals surface area contributed by atoms with E-state index in [1.54, 1.807) is 12.2 Å². The van der Waals surface area contributed by atoms with E-state index in [2.05, 4.69) is 117 Å². The van der Waals surface area contributed by atoms with Crippen molar-refractivity contribution in [1.29, 1.82) is 5.41 Å². The molecular formula is C42H40N4. The molecule has 0 radical (unpaired) electrons. The van der Waals surface area contributed by atoms with Crippen LogP contribution in [0, 0.1) is 12.3 Å². The van der Waals surface area contributed by atoms with Crippen LogP contribution in [-0.4, -0.2) is 11.7 Å². The van der Waals surface area contributed by atoms with E-state index in [0.717, 1.165) is 22.3 Å². The molecule has 5 N–H and O–H groups in total. The second kappa shape index (κ2) is 12.1. The molecule has 5 aromatic rings. The van der Waals surface area contributed by atoms with Crippen LogP contribution in [0.2, 0.25) is 0 Å². The van der Waals surface area contributed by atoms with Gasteiger partial charge >= 0.3 is 0 Å². The van der Waals surface area contributed by atoms with Crippen molar-refractivity contribution < 1.29 is 0 Å². The highest BCUT2D eigenvalue weighted by molar-refractivity contribution is 6.13. The fraction of sp³-hybridized carbons (Fsp3) is 0.143. The zero-order chi connectivity index (χ0) is 32.5. The molecule has 0 saturated carbocycles. The van der Waals surface area contributed by atoms with Crippen molar-refractivity contribution in [1.82, 2.24) is 0 Å². The van der Waals surface area contributed by atoms with Gasteiger partial charge in [0.05, 0.1) is 11.1 Å². The lowest BCUT2D eigenvalue weighted by Crippen LogP contribution is -2.40. The van der Waals surface area contributed by atoms with Gasteiger partial charge in [0.2, 0.25) is 0 Å². The monoisotopic (exact) mass is 600 g/mol. The van der Waals surface area contributed by atoms with Gasteiger partial charge in [0.25, 0.3) is 0 Å². The number of benzene rings is 5. The molecule has 0 heterocycles. The highest BCUT2D eigenvalue weighted by Crippen LogP contribution is 2.62. The maximum absolute atomic E-state index is 9.03. The number of nitrogens with one attached hydrogen (secondary N) is 1. The summed E-state index contributed by atoms with van der Waals surface area (Å²) in [6.07, 6.45) is 5.37. The van der Waals surface area contributed by atoms with Crippen LogP contribution < -0.4 is 11.5 Å². The number of nitrogens with two attached hydrogens (primary N) is 2. The molecule has 0 bridgehead atoms. The Labute approximate surface area is 272 Å². The van der Waals surface area contributed by atoms with Gasteiger partial charge in [-0.3, -0.25) is 5.41 Å². The van der Waals surface area contributed by atoms with Crippen LogP contribution in [0.3, 0.4) is 0 Å². The molecule has 2 aliphatic carbocycles. The molecule has 0 amide bonds. The van der Waals surface area contributed by atoms with Crippen molar-refractivity contribution in [3.05, 3.63) is 190 Å². The van der Waals surface area contributed by atoms with Gasteiger partial charge in [0.15, 0.2) is 5.84 Å². The third kappa shape index (κ3) is 4.87. The number of rotatable bonds is 3. The highest BCUT2D eigenvalue weighted by atomic mass is 14.9. The summed E-state index contributed by atoms with van der Waals surface area (Å²) in [4.78, 5) is 4.45. The first-order valence-corrected chi connectivity index (χ1v) is 15.7. The fourth-order valence-electron chi connectivity index (χ4n) is 7.17. The average Bonchev–Trinajstić information content (AvgIpc) is 3.38. The maximum atomic E-state index is 9.03. The van der Waals surface area contributed by atoms with E-state index in [-0.39, 0.29) is 17.1 Å². The molecule has 0 unspecified atom stereocenters. The van der Waals surface area contributed by atoms with Crippen molar-refractivity contribution in [2.75, 3.05) is 0 Å². The number of hydrogen-bond acceptors (Lipinski definition) is 2. The number of fused-ring (bicyclic) bond motifs is 9. The Morgan fingerprint density at radius 3 is 1.74 bits per heavy atom. The Bertz CT molecular complexity index is 1980. The Morgan fingerprint density at radius 1 is 0.652 bits per heavy atom. The largest absolute Gasteiger partial charge is 0.396 e. The molecule has 0 saturated heterocycles. The standard InChI is InChI=1S/C35H32N4.C7H8/c1-4-5-21-30(36)33(38)39-32(37)23-14-12-20-29-31(23)22-13-6-7-15-24(22)35(29)27-18-10-8-16-25(27)34(2,3)26-17-9-11-19-28(26)35;1-7-5-3-2-4-6-7/h4-21H,36H2,1-3H3,(H3,37,38,39);2-6H,1H3/b5-4-,30-21-;. The van der Waals surface area contributed by atoms with Gasteiger partial charge in [0.1, 0.15) is 5.84 Å². The maximum Gasteiger partial charge on any atom is 0.154 e. The SMILES string of the molecule is C/C=C\C=C(/N)C(N)=NC(=N)c1cccc2c1-c1ccccc1C21c2ccccc2C(C)(C)c2ccccc21.Cc1ccccc1. The Kier molecular flexibility index (Phi) is 8.06. The van der Waals surface area contributed by atoms with Crippen LogP contribution in [0.4, 0.5) is 0 Å². The molecule has 0 atom stereocenters. The van der Waals surface area contributed by atoms with Gasteiger partial charge in [-0.15, -0.1) is 0 Å². The Balaban J connectivity index is 0.000000471. The number of allylic oxidation sites excluding steroid dienone is 3. The van der Waals surface area contributed by atoms with Crippen LogP contribution in [-0.2, 0) is 10.8 Å². The van der Waals surface area contributed by atoms with Crippen molar-refractivity contribution in [2.45, 2.75) is 38.5 Å². The molecule has 4 heteroatoms. The van der Waals surface area contributed by atoms with Gasteiger partial charge in [-0.25, -0.2) is 4.99 Å². The lowest BCUT2D eigenvalue weighted by Gasteiger charge is -2.46. The van der Waals surface area contributed by atoms with E-state index >= 15 is 0 Å². The lowest BCUT2D eigenvalue weighted by atomic mass is 9.55. The summed E-state index contributed by atoms with van der Waals surface area (Å²) in [5.41, 5.74) is 23.8. The third-order valence-electron chi connectivity index (χ3n) is 9.27. The molecule has 1 spiro atoms. The van der Waals surface area contributed by atoms with Crippen LogP contribution in [0.5, 0.6) is 0 Å². The van der Waals surface area contributed by atoms with Crippen LogP contribution in [0.15, 0.2) is 150 Å². The minimum atomic E-state index is -0.509. The number of aryl methyl sites for hydroxylation is 1. The second-order valence-corrected chi connectivity index (χ2v) is 12.4.